The van der Waals surface area contributed by atoms with Gasteiger partial charge in [0.05, 0.1) is 18.5 Å². The van der Waals surface area contributed by atoms with Gasteiger partial charge in [-0.15, -0.1) is 0 Å². The number of methoxy groups -OCH3 is 1. The van der Waals surface area contributed by atoms with Gasteiger partial charge < -0.3 is 19.7 Å². The van der Waals surface area contributed by atoms with Crippen LogP contribution in [-0.2, 0) is 9.53 Å². The second-order valence-electron chi connectivity index (χ2n) is 7.86. The second-order valence-corrected chi connectivity index (χ2v) is 7.86. The van der Waals surface area contributed by atoms with E-state index in [1.165, 1.54) is 19.3 Å². The Morgan fingerprint density at radius 3 is 2.52 bits per heavy atom. The summed E-state index contributed by atoms with van der Waals surface area (Å²) in [6.45, 7) is 3.98. The third-order valence-corrected chi connectivity index (χ3v) is 5.72. The molecule has 1 N–H and O–H groups in total. The van der Waals surface area contributed by atoms with E-state index in [9.17, 15) is 4.79 Å². The average Bonchev–Trinajstić information content (AvgIpc) is 2.70. The van der Waals surface area contributed by atoms with Crippen molar-refractivity contribution in [2.24, 2.45) is 5.92 Å². The molecule has 2 heterocycles. The standard InChI is InChI=1S/C22H28N4O3/c1-15-10-17(25-21(27)16-11-18(12-16)28-2)6-7-20(15)29-19-13-23-22(24-14-19)26-8-4-3-5-9-26/h6-7,10,13-14,16,18H,3-5,8-9,11-12H2,1-2H3,(H,25,27). The molecule has 0 spiro atoms. The summed E-state index contributed by atoms with van der Waals surface area (Å²) < 4.78 is 11.2. The van der Waals surface area contributed by atoms with Crippen molar-refractivity contribution in [2.45, 2.75) is 45.1 Å². The monoisotopic (exact) mass is 396 g/mol. The van der Waals surface area contributed by atoms with Gasteiger partial charge in [-0.25, -0.2) is 9.97 Å². The molecule has 0 unspecified atom stereocenters. The number of benzene rings is 1. The van der Waals surface area contributed by atoms with Gasteiger partial charge in [0.1, 0.15) is 5.75 Å². The number of rotatable bonds is 6. The van der Waals surface area contributed by atoms with Crippen LogP contribution >= 0.6 is 0 Å². The molecule has 0 radical (unpaired) electrons. The number of hydrogen-bond donors (Lipinski definition) is 1. The zero-order valence-corrected chi connectivity index (χ0v) is 17.1. The first kappa shape index (κ1) is 19.6. The van der Waals surface area contributed by atoms with Gasteiger partial charge >= 0.3 is 0 Å². The van der Waals surface area contributed by atoms with Crippen molar-refractivity contribution in [2.75, 3.05) is 30.4 Å². The highest BCUT2D eigenvalue weighted by molar-refractivity contribution is 5.93. The van der Waals surface area contributed by atoms with Crippen molar-refractivity contribution in [3.05, 3.63) is 36.2 Å². The Bertz CT molecular complexity index is 844. The zero-order chi connectivity index (χ0) is 20.2. The largest absolute Gasteiger partial charge is 0.454 e. The molecule has 1 aromatic carbocycles. The van der Waals surface area contributed by atoms with Crippen LogP contribution in [0.25, 0.3) is 0 Å². The molecule has 1 aliphatic carbocycles. The van der Waals surface area contributed by atoms with Crippen LogP contribution in [-0.4, -0.2) is 42.2 Å². The summed E-state index contributed by atoms with van der Waals surface area (Å²) in [5, 5.41) is 2.98. The number of ether oxygens (including phenoxy) is 2. The lowest BCUT2D eigenvalue weighted by atomic mass is 9.81. The predicted octanol–water partition coefficient (Wildman–Crippen LogP) is 3.93. The Hall–Kier alpha value is -2.67. The number of aromatic nitrogens is 2. The fraction of sp³-hybridized carbons (Fsp3) is 0.500. The molecule has 7 heteroatoms. The molecular formula is C22H28N4O3. The summed E-state index contributed by atoms with van der Waals surface area (Å²) >= 11 is 0. The van der Waals surface area contributed by atoms with Crippen molar-refractivity contribution in [3.63, 3.8) is 0 Å². The topological polar surface area (TPSA) is 76.6 Å². The van der Waals surface area contributed by atoms with Crippen LogP contribution in [0.1, 0.15) is 37.7 Å². The van der Waals surface area contributed by atoms with Crippen molar-refractivity contribution in [1.82, 2.24) is 9.97 Å². The van der Waals surface area contributed by atoms with Crippen LogP contribution in [0, 0.1) is 12.8 Å². The molecule has 7 nitrogen and oxygen atoms in total. The third kappa shape index (κ3) is 4.67. The van der Waals surface area contributed by atoms with Crippen molar-refractivity contribution >= 4 is 17.5 Å². The highest BCUT2D eigenvalue weighted by atomic mass is 16.5. The Morgan fingerprint density at radius 1 is 1.14 bits per heavy atom. The van der Waals surface area contributed by atoms with Gasteiger partial charge in [0.15, 0.2) is 5.75 Å². The van der Waals surface area contributed by atoms with Gasteiger partial charge in [-0.05, 0) is 62.8 Å². The minimum Gasteiger partial charge on any atom is -0.454 e. The molecule has 1 saturated heterocycles. The van der Waals surface area contributed by atoms with Gasteiger partial charge in [-0.1, -0.05) is 0 Å². The Labute approximate surface area is 171 Å². The maximum atomic E-state index is 12.3. The minimum atomic E-state index is 0.0340. The van der Waals surface area contributed by atoms with Crippen molar-refractivity contribution < 1.29 is 14.3 Å². The number of anilines is 2. The van der Waals surface area contributed by atoms with Crippen molar-refractivity contribution in [3.8, 4) is 11.5 Å². The first-order valence-electron chi connectivity index (χ1n) is 10.3. The molecule has 29 heavy (non-hydrogen) atoms. The van der Waals surface area contributed by atoms with E-state index >= 15 is 0 Å². The molecule has 2 aliphatic rings. The van der Waals surface area contributed by atoms with E-state index in [1.54, 1.807) is 19.5 Å². The Kier molecular flexibility index (Phi) is 5.94. The van der Waals surface area contributed by atoms with E-state index < -0.39 is 0 Å². The Morgan fingerprint density at radius 2 is 1.86 bits per heavy atom. The van der Waals surface area contributed by atoms with Crippen LogP contribution in [0.4, 0.5) is 11.6 Å². The smallest absolute Gasteiger partial charge is 0.227 e. The molecule has 2 aromatic rings. The van der Waals surface area contributed by atoms with E-state index in [1.807, 2.05) is 25.1 Å². The molecule has 154 valence electrons. The molecule has 1 saturated carbocycles. The van der Waals surface area contributed by atoms with Gasteiger partial charge in [0.25, 0.3) is 0 Å². The van der Waals surface area contributed by atoms with Gasteiger partial charge in [0.2, 0.25) is 11.9 Å². The quantitative estimate of drug-likeness (QED) is 0.797. The molecule has 1 aliphatic heterocycles. The number of nitrogens with one attached hydrogen (secondary N) is 1. The first-order chi connectivity index (χ1) is 14.1. The summed E-state index contributed by atoms with van der Waals surface area (Å²) in [6.07, 6.45) is 8.89. The number of hydrogen-bond acceptors (Lipinski definition) is 6. The van der Waals surface area contributed by atoms with E-state index in [4.69, 9.17) is 9.47 Å². The average molecular weight is 396 g/mol. The van der Waals surface area contributed by atoms with E-state index in [0.717, 1.165) is 48.9 Å². The highest BCUT2D eigenvalue weighted by Crippen LogP contribution is 2.32. The second kappa shape index (κ2) is 8.78. The lowest BCUT2D eigenvalue weighted by Gasteiger charge is -2.32. The van der Waals surface area contributed by atoms with E-state index in [0.29, 0.717) is 5.75 Å². The zero-order valence-electron chi connectivity index (χ0n) is 17.1. The van der Waals surface area contributed by atoms with Crippen LogP contribution in [0.2, 0.25) is 0 Å². The SMILES string of the molecule is COC1CC(C(=O)Nc2ccc(Oc3cnc(N4CCCCC4)nc3)c(C)c2)C1. The lowest BCUT2D eigenvalue weighted by molar-refractivity contribution is -0.127. The molecule has 2 fully saturated rings. The van der Waals surface area contributed by atoms with Gasteiger partial charge in [0, 0.05) is 31.8 Å². The normalized spacial score (nSPS) is 21.4. The van der Waals surface area contributed by atoms with Gasteiger partial charge in [-0.2, -0.15) is 0 Å². The molecule has 4 rings (SSSR count). The first-order valence-corrected chi connectivity index (χ1v) is 10.3. The third-order valence-electron chi connectivity index (χ3n) is 5.72. The maximum absolute atomic E-state index is 12.3. The molecule has 1 amide bonds. The Balaban J connectivity index is 1.35. The summed E-state index contributed by atoms with van der Waals surface area (Å²) in [5.41, 5.74) is 1.71. The summed E-state index contributed by atoms with van der Waals surface area (Å²) in [6, 6.07) is 5.64. The minimum absolute atomic E-state index is 0.0340. The van der Waals surface area contributed by atoms with Crippen LogP contribution < -0.4 is 15.0 Å². The van der Waals surface area contributed by atoms with Crippen LogP contribution in [0.15, 0.2) is 30.6 Å². The molecular weight excluding hydrogens is 368 g/mol. The number of piperidine rings is 1. The lowest BCUT2D eigenvalue weighted by Crippen LogP contribution is -2.38. The number of carbonyl (C=O) groups excluding carboxylic acids is 1. The van der Waals surface area contributed by atoms with E-state index in [-0.39, 0.29) is 17.9 Å². The summed E-state index contributed by atoms with van der Waals surface area (Å²) in [7, 11) is 1.69. The highest BCUT2D eigenvalue weighted by Gasteiger charge is 2.34. The number of aryl methyl sites for hydroxylation is 1. The molecule has 0 bridgehead atoms. The molecule has 0 atom stereocenters. The van der Waals surface area contributed by atoms with Crippen molar-refractivity contribution in [1.29, 1.82) is 0 Å². The fourth-order valence-electron chi connectivity index (χ4n) is 3.80. The number of carbonyl (C=O) groups is 1. The van der Waals surface area contributed by atoms with Gasteiger partial charge in [-0.3, -0.25) is 4.79 Å². The number of amides is 1. The summed E-state index contributed by atoms with van der Waals surface area (Å²) in [5.74, 6) is 2.17. The van der Waals surface area contributed by atoms with Crippen LogP contribution in [0.3, 0.4) is 0 Å². The predicted molar refractivity (Wildman–Crippen MR) is 111 cm³/mol. The van der Waals surface area contributed by atoms with Crippen LogP contribution in [0.5, 0.6) is 11.5 Å². The summed E-state index contributed by atoms with van der Waals surface area (Å²) in [4.78, 5) is 23.4. The number of nitrogens with zero attached hydrogens (tertiary/aromatic N) is 3. The maximum Gasteiger partial charge on any atom is 0.227 e. The van der Waals surface area contributed by atoms with E-state index in [2.05, 4.69) is 20.2 Å². The fourth-order valence-corrected chi connectivity index (χ4v) is 3.80. The molecule has 1 aromatic heterocycles.